The lowest BCUT2D eigenvalue weighted by Crippen LogP contribution is -2.03. The maximum atomic E-state index is 5.46. The molecule has 0 aromatic carbocycles. The van der Waals surface area contributed by atoms with E-state index in [-0.39, 0.29) is 6.01 Å². The van der Waals surface area contributed by atoms with Crippen molar-refractivity contribution in [1.29, 1.82) is 0 Å². The van der Waals surface area contributed by atoms with Crippen molar-refractivity contribution < 1.29 is 4.42 Å². The van der Waals surface area contributed by atoms with E-state index in [1.807, 2.05) is 0 Å². The zero-order valence-electron chi connectivity index (χ0n) is 8.89. The first-order chi connectivity index (χ1) is 7.84. The summed E-state index contributed by atoms with van der Waals surface area (Å²) < 4.78 is 7.11. The summed E-state index contributed by atoms with van der Waals surface area (Å²) in [4.78, 5) is 4.08. The number of hydrogen-bond donors (Lipinski definition) is 1. The molecule has 2 N–H and O–H groups in total. The zero-order chi connectivity index (χ0) is 11.0. The van der Waals surface area contributed by atoms with Crippen LogP contribution in [-0.2, 0) is 13.0 Å². The van der Waals surface area contributed by atoms with Gasteiger partial charge in [-0.1, -0.05) is 6.42 Å². The van der Waals surface area contributed by atoms with E-state index in [4.69, 9.17) is 10.2 Å². The number of fused-ring (bicyclic) bond motifs is 1. The van der Waals surface area contributed by atoms with Crippen LogP contribution in [0.5, 0.6) is 0 Å². The number of rotatable bonds is 1. The predicted octanol–water partition coefficient (Wildman–Crippen LogP) is 1.24. The summed E-state index contributed by atoms with van der Waals surface area (Å²) in [5, 5.41) is 8.35. The van der Waals surface area contributed by atoms with Crippen LogP contribution in [0.25, 0.3) is 11.5 Å². The van der Waals surface area contributed by atoms with Crippen LogP contribution in [0.15, 0.2) is 10.7 Å². The van der Waals surface area contributed by atoms with Gasteiger partial charge < -0.3 is 14.7 Å². The number of anilines is 1. The molecule has 0 spiro atoms. The molecule has 3 heterocycles. The van der Waals surface area contributed by atoms with Crippen molar-refractivity contribution in [2.75, 3.05) is 5.73 Å². The van der Waals surface area contributed by atoms with Gasteiger partial charge in [0.2, 0.25) is 0 Å². The topological polar surface area (TPSA) is 82.8 Å². The van der Waals surface area contributed by atoms with E-state index < -0.39 is 0 Å². The van der Waals surface area contributed by atoms with E-state index in [1.54, 1.807) is 0 Å². The van der Waals surface area contributed by atoms with Gasteiger partial charge in [0.1, 0.15) is 17.8 Å². The van der Waals surface area contributed by atoms with E-state index in [1.165, 1.54) is 19.1 Å². The summed E-state index contributed by atoms with van der Waals surface area (Å²) in [5.74, 6) is 1.80. The third-order valence-corrected chi connectivity index (χ3v) is 2.86. The zero-order valence-corrected chi connectivity index (χ0v) is 8.89. The van der Waals surface area contributed by atoms with Gasteiger partial charge in [0.15, 0.2) is 5.82 Å². The van der Waals surface area contributed by atoms with Crippen LogP contribution >= 0.6 is 0 Å². The fourth-order valence-corrected chi connectivity index (χ4v) is 2.06. The normalized spacial score (nSPS) is 15.8. The maximum absolute atomic E-state index is 5.46. The molecule has 0 radical (unpaired) electrons. The monoisotopic (exact) mass is 219 g/mol. The molecule has 1 aliphatic rings. The minimum Gasteiger partial charge on any atom is -0.432 e. The minimum atomic E-state index is 0.168. The number of oxazole rings is 1. The van der Waals surface area contributed by atoms with Gasteiger partial charge in [-0.2, -0.15) is 4.98 Å². The van der Waals surface area contributed by atoms with Gasteiger partial charge in [0, 0.05) is 13.0 Å². The van der Waals surface area contributed by atoms with Gasteiger partial charge >= 0.3 is 0 Å². The predicted molar refractivity (Wildman–Crippen MR) is 57.5 cm³/mol. The van der Waals surface area contributed by atoms with Crippen LogP contribution in [0.2, 0.25) is 0 Å². The molecule has 84 valence electrons. The summed E-state index contributed by atoms with van der Waals surface area (Å²) in [6, 6.07) is 0.168. The molecule has 1 aliphatic heterocycles. The Bertz CT molecular complexity index is 501. The van der Waals surface area contributed by atoms with Gasteiger partial charge in [0.25, 0.3) is 6.01 Å². The standard InChI is InChI=1S/C10H13N5O/c11-10-12-7(6-16-10)9-14-13-8-4-2-1-3-5-15(8)9/h6H,1-5H2,(H2,11,12). The Hall–Kier alpha value is -1.85. The molecule has 16 heavy (non-hydrogen) atoms. The quantitative estimate of drug-likeness (QED) is 0.780. The second kappa shape index (κ2) is 3.62. The first-order valence-electron chi connectivity index (χ1n) is 5.48. The van der Waals surface area contributed by atoms with Crippen molar-refractivity contribution in [2.45, 2.75) is 32.2 Å². The summed E-state index contributed by atoms with van der Waals surface area (Å²) in [6.45, 7) is 0.949. The third-order valence-electron chi connectivity index (χ3n) is 2.86. The van der Waals surface area contributed by atoms with Crippen molar-refractivity contribution in [3.05, 3.63) is 12.1 Å². The fraction of sp³-hybridized carbons (Fsp3) is 0.500. The highest BCUT2D eigenvalue weighted by Gasteiger charge is 2.18. The molecule has 3 rings (SSSR count). The molecule has 6 heteroatoms. The van der Waals surface area contributed by atoms with E-state index in [0.29, 0.717) is 5.69 Å². The van der Waals surface area contributed by atoms with Crippen LogP contribution in [0.1, 0.15) is 25.1 Å². The number of aromatic nitrogens is 4. The number of nitrogen functional groups attached to an aromatic ring is 1. The van der Waals surface area contributed by atoms with Gasteiger partial charge in [-0.25, -0.2) is 0 Å². The van der Waals surface area contributed by atoms with Crippen molar-refractivity contribution in [3.63, 3.8) is 0 Å². The third kappa shape index (κ3) is 1.46. The van der Waals surface area contributed by atoms with Crippen LogP contribution in [0.4, 0.5) is 6.01 Å². The Morgan fingerprint density at radius 1 is 1.25 bits per heavy atom. The van der Waals surface area contributed by atoms with Crippen LogP contribution in [-0.4, -0.2) is 19.7 Å². The summed E-state index contributed by atoms with van der Waals surface area (Å²) in [7, 11) is 0. The average molecular weight is 219 g/mol. The van der Waals surface area contributed by atoms with Crippen molar-refractivity contribution in [3.8, 4) is 11.5 Å². The van der Waals surface area contributed by atoms with E-state index in [0.717, 1.165) is 31.0 Å². The molecule has 0 atom stereocenters. The molecule has 0 bridgehead atoms. The van der Waals surface area contributed by atoms with Crippen molar-refractivity contribution in [2.24, 2.45) is 0 Å². The van der Waals surface area contributed by atoms with Crippen LogP contribution in [0, 0.1) is 0 Å². The number of hydrogen-bond acceptors (Lipinski definition) is 5. The average Bonchev–Trinajstić information content (AvgIpc) is 2.79. The van der Waals surface area contributed by atoms with Crippen molar-refractivity contribution >= 4 is 6.01 Å². The number of nitrogens with two attached hydrogens (primary N) is 1. The Balaban J connectivity index is 2.05. The van der Waals surface area contributed by atoms with Crippen molar-refractivity contribution in [1.82, 2.24) is 19.7 Å². The second-order valence-electron chi connectivity index (χ2n) is 3.97. The van der Waals surface area contributed by atoms with Gasteiger partial charge in [-0.05, 0) is 12.8 Å². The van der Waals surface area contributed by atoms with Gasteiger partial charge in [0.05, 0.1) is 0 Å². The molecule has 0 saturated heterocycles. The minimum absolute atomic E-state index is 0.168. The summed E-state index contributed by atoms with van der Waals surface area (Å²) in [5.41, 5.74) is 6.12. The van der Waals surface area contributed by atoms with E-state index in [2.05, 4.69) is 19.7 Å². The molecule has 0 aliphatic carbocycles. The maximum Gasteiger partial charge on any atom is 0.292 e. The molecular weight excluding hydrogens is 206 g/mol. The van der Waals surface area contributed by atoms with E-state index in [9.17, 15) is 0 Å². The SMILES string of the molecule is Nc1nc(-c2nnc3n2CCCCC3)co1. The molecule has 0 saturated carbocycles. The van der Waals surface area contributed by atoms with E-state index >= 15 is 0 Å². The summed E-state index contributed by atoms with van der Waals surface area (Å²) in [6.07, 6.45) is 6.09. The van der Waals surface area contributed by atoms with Crippen LogP contribution < -0.4 is 5.73 Å². The Labute approximate surface area is 92.5 Å². The lowest BCUT2D eigenvalue weighted by molar-refractivity contribution is 0.580. The Kier molecular flexibility index (Phi) is 2.12. The van der Waals surface area contributed by atoms with Gasteiger partial charge in [-0.15, -0.1) is 10.2 Å². The highest BCUT2D eigenvalue weighted by Crippen LogP contribution is 2.22. The molecule has 2 aromatic heterocycles. The highest BCUT2D eigenvalue weighted by molar-refractivity contribution is 5.49. The van der Waals surface area contributed by atoms with Gasteiger partial charge in [-0.3, -0.25) is 0 Å². The molecule has 0 fully saturated rings. The Morgan fingerprint density at radius 2 is 2.19 bits per heavy atom. The number of nitrogens with zero attached hydrogens (tertiary/aromatic N) is 4. The molecule has 2 aromatic rings. The summed E-state index contributed by atoms with van der Waals surface area (Å²) >= 11 is 0. The Morgan fingerprint density at radius 3 is 3.00 bits per heavy atom. The van der Waals surface area contributed by atoms with Crippen LogP contribution in [0.3, 0.4) is 0 Å². The highest BCUT2D eigenvalue weighted by atomic mass is 16.4. The first-order valence-corrected chi connectivity index (χ1v) is 5.48. The molecule has 0 amide bonds. The molecular formula is C10H13N5O. The molecule has 0 unspecified atom stereocenters. The largest absolute Gasteiger partial charge is 0.432 e. The molecule has 6 nitrogen and oxygen atoms in total. The smallest absolute Gasteiger partial charge is 0.292 e. The lowest BCUT2D eigenvalue weighted by Gasteiger charge is -2.03. The lowest BCUT2D eigenvalue weighted by atomic mass is 10.2. The fourth-order valence-electron chi connectivity index (χ4n) is 2.06. The first kappa shape index (κ1) is 9.38. The second-order valence-corrected chi connectivity index (χ2v) is 3.97. The number of aryl methyl sites for hydroxylation is 1.